The van der Waals surface area contributed by atoms with Crippen molar-refractivity contribution in [3.63, 3.8) is 0 Å². The number of carbonyl (C=O) groups is 1. The van der Waals surface area contributed by atoms with Crippen LogP contribution in [0.15, 0.2) is 24.4 Å². The molecule has 0 spiro atoms. The lowest BCUT2D eigenvalue weighted by atomic mass is 10.1. The minimum atomic E-state index is -0.971. The Morgan fingerprint density at radius 1 is 1.40 bits per heavy atom. The lowest BCUT2D eigenvalue weighted by molar-refractivity contribution is -0.132. The maximum atomic E-state index is 10.1. The maximum Gasteiger partial charge on any atom is 0.330 e. The molecule has 0 aliphatic rings. The fourth-order valence-electron chi connectivity index (χ4n) is 0.418. The van der Waals surface area contributed by atoms with Gasteiger partial charge in [-0.05, 0) is 12.8 Å². The fraction of sp³-hybridized carbons (Fsp3) is 0.286. The zero-order chi connectivity index (χ0) is 8.15. The molecule has 0 radical (unpaired) electrons. The zero-order valence-electron chi connectivity index (χ0n) is 5.76. The Morgan fingerprint density at radius 3 is 2.20 bits per heavy atom. The molecule has 0 aliphatic heterocycles. The Bertz CT molecular complexity index is 172. The van der Waals surface area contributed by atoms with Crippen LogP contribution in [-0.4, -0.2) is 11.1 Å². The number of allylic oxidation sites excluding steroid dienone is 1. The van der Waals surface area contributed by atoms with Crippen molar-refractivity contribution in [2.45, 2.75) is 12.8 Å². The van der Waals surface area contributed by atoms with E-state index in [-0.39, 0.29) is 5.57 Å². The summed E-state index contributed by atoms with van der Waals surface area (Å²) in [6.45, 7) is 6.76. The number of carboxylic acid groups (broad SMARTS) is 1. The summed E-state index contributed by atoms with van der Waals surface area (Å²) >= 11 is 0. The number of rotatable bonds is 4. The molecule has 0 unspecified atom stereocenters. The maximum absolute atomic E-state index is 10.1. The Labute approximate surface area is 59.8 Å². The van der Waals surface area contributed by atoms with Gasteiger partial charge in [-0.3, -0.25) is 0 Å². The van der Waals surface area contributed by atoms with Crippen molar-refractivity contribution >= 4 is 5.97 Å². The van der Waals surface area contributed by atoms with E-state index in [1.807, 2.05) is 0 Å². The molecule has 0 aromatic rings. The fourth-order valence-corrected chi connectivity index (χ4v) is 0.418. The minimum Gasteiger partial charge on any atom is -0.478 e. The zero-order valence-corrected chi connectivity index (χ0v) is 5.76. The third kappa shape index (κ3) is 3.72. The SMILES string of the molecule is C=C(N)CCC(=C)C(=O)O. The lowest BCUT2D eigenvalue weighted by Crippen LogP contribution is -2.01. The van der Waals surface area contributed by atoms with E-state index in [0.29, 0.717) is 18.5 Å². The first-order valence-electron chi connectivity index (χ1n) is 2.88. The van der Waals surface area contributed by atoms with Crippen LogP contribution in [0.5, 0.6) is 0 Å². The van der Waals surface area contributed by atoms with E-state index < -0.39 is 5.97 Å². The topological polar surface area (TPSA) is 63.3 Å². The molecule has 0 rings (SSSR count). The summed E-state index contributed by atoms with van der Waals surface area (Å²) < 4.78 is 0. The summed E-state index contributed by atoms with van der Waals surface area (Å²) in [4.78, 5) is 10.1. The molecule has 0 aromatic heterocycles. The standard InChI is InChI=1S/C7H11NO2/c1-5(7(9)10)3-4-6(2)8/h1-4,8H2,(H,9,10). The van der Waals surface area contributed by atoms with Gasteiger partial charge in [-0.15, -0.1) is 0 Å². The molecule has 0 saturated carbocycles. The van der Waals surface area contributed by atoms with Gasteiger partial charge in [-0.25, -0.2) is 4.79 Å². The van der Waals surface area contributed by atoms with E-state index >= 15 is 0 Å². The molecule has 0 atom stereocenters. The monoisotopic (exact) mass is 141 g/mol. The van der Waals surface area contributed by atoms with Gasteiger partial charge in [0.25, 0.3) is 0 Å². The number of hydrogen-bond donors (Lipinski definition) is 2. The summed E-state index contributed by atoms with van der Waals surface area (Å²) in [5, 5.41) is 8.32. The molecule has 0 fully saturated rings. The van der Waals surface area contributed by atoms with Gasteiger partial charge in [0.2, 0.25) is 0 Å². The number of hydrogen-bond acceptors (Lipinski definition) is 2. The van der Waals surface area contributed by atoms with Crippen LogP contribution >= 0.6 is 0 Å². The molecule has 0 bridgehead atoms. The number of carboxylic acids is 1. The summed E-state index contributed by atoms with van der Waals surface area (Å²) in [6, 6.07) is 0. The van der Waals surface area contributed by atoms with Gasteiger partial charge in [0.05, 0.1) is 0 Å². The van der Waals surface area contributed by atoms with E-state index in [4.69, 9.17) is 10.8 Å². The second kappa shape index (κ2) is 3.71. The van der Waals surface area contributed by atoms with Gasteiger partial charge in [0.1, 0.15) is 0 Å². The molecule has 3 heteroatoms. The second-order valence-corrected chi connectivity index (χ2v) is 2.07. The van der Waals surface area contributed by atoms with Crippen molar-refractivity contribution < 1.29 is 9.90 Å². The van der Waals surface area contributed by atoms with Crippen LogP contribution in [0.25, 0.3) is 0 Å². The van der Waals surface area contributed by atoms with Crippen LogP contribution in [0, 0.1) is 0 Å². The molecule has 0 aromatic carbocycles. The van der Waals surface area contributed by atoms with Gasteiger partial charge in [0, 0.05) is 11.3 Å². The summed E-state index contributed by atoms with van der Waals surface area (Å²) in [5.41, 5.74) is 5.87. The molecular formula is C7H11NO2. The van der Waals surface area contributed by atoms with Crippen molar-refractivity contribution in [2.24, 2.45) is 5.73 Å². The van der Waals surface area contributed by atoms with E-state index in [1.165, 1.54) is 0 Å². The summed E-state index contributed by atoms with van der Waals surface area (Å²) in [6.07, 6.45) is 0.871. The second-order valence-electron chi connectivity index (χ2n) is 2.07. The molecule has 3 nitrogen and oxygen atoms in total. The predicted octanol–water partition coefficient (Wildman–Crippen LogP) is 0.880. The van der Waals surface area contributed by atoms with Gasteiger partial charge in [-0.1, -0.05) is 13.2 Å². The van der Waals surface area contributed by atoms with E-state index in [1.54, 1.807) is 0 Å². The van der Waals surface area contributed by atoms with Gasteiger partial charge in [-0.2, -0.15) is 0 Å². The number of aliphatic carboxylic acids is 1. The molecule has 56 valence electrons. The van der Waals surface area contributed by atoms with E-state index in [9.17, 15) is 4.79 Å². The van der Waals surface area contributed by atoms with Crippen LogP contribution in [0.4, 0.5) is 0 Å². The largest absolute Gasteiger partial charge is 0.478 e. The lowest BCUT2D eigenvalue weighted by Gasteiger charge is -1.98. The first-order valence-corrected chi connectivity index (χ1v) is 2.88. The summed E-state index contributed by atoms with van der Waals surface area (Å²) in [7, 11) is 0. The van der Waals surface area contributed by atoms with Gasteiger partial charge >= 0.3 is 5.97 Å². The Balaban J connectivity index is 3.60. The van der Waals surface area contributed by atoms with E-state index in [0.717, 1.165) is 0 Å². The van der Waals surface area contributed by atoms with Crippen molar-refractivity contribution in [1.29, 1.82) is 0 Å². The summed E-state index contributed by atoms with van der Waals surface area (Å²) in [5.74, 6) is -0.971. The van der Waals surface area contributed by atoms with Crippen molar-refractivity contribution in [3.05, 3.63) is 24.4 Å². The van der Waals surface area contributed by atoms with Crippen LogP contribution < -0.4 is 5.73 Å². The Hall–Kier alpha value is -1.25. The average Bonchev–Trinajstić information content (AvgIpc) is 1.82. The van der Waals surface area contributed by atoms with Crippen molar-refractivity contribution in [3.8, 4) is 0 Å². The number of nitrogens with two attached hydrogens (primary N) is 1. The highest BCUT2D eigenvalue weighted by molar-refractivity contribution is 5.85. The van der Waals surface area contributed by atoms with Crippen molar-refractivity contribution in [1.82, 2.24) is 0 Å². The van der Waals surface area contributed by atoms with Gasteiger partial charge in [0.15, 0.2) is 0 Å². The quantitative estimate of drug-likeness (QED) is 0.571. The van der Waals surface area contributed by atoms with Crippen LogP contribution in [0.1, 0.15) is 12.8 Å². The van der Waals surface area contributed by atoms with E-state index in [2.05, 4.69) is 13.2 Å². The van der Waals surface area contributed by atoms with Gasteiger partial charge < -0.3 is 10.8 Å². The molecule has 3 N–H and O–H groups in total. The molecule has 0 aliphatic carbocycles. The first kappa shape index (κ1) is 8.75. The van der Waals surface area contributed by atoms with Crippen LogP contribution in [-0.2, 0) is 4.79 Å². The highest BCUT2D eigenvalue weighted by Gasteiger charge is 2.02. The molecule has 0 saturated heterocycles. The average molecular weight is 141 g/mol. The smallest absolute Gasteiger partial charge is 0.330 e. The molecule has 10 heavy (non-hydrogen) atoms. The highest BCUT2D eigenvalue weighted by atomic mass is 16.4. The Morgan fingerprint density at radius 2 is 1.90 bits per heavy atom. The predicted molar refractivity (Wildman–Crippen MR) is 39.3 cm³/mol. The van der Waals surface area contributed by atoms with Crippen LogP contribution in [0.2, 0.25) is 0 Å². The third-order valence-electron chi connectivity index (χ3n) is 1.05. The highest BCUT2D eigenvalue weighted by Crippen LogP contribution is 2.04. The minimum absolute atomic E-state index is 0.173. The van der Waals surface area contributed by atoms with Crippen LogP contribution in [0.3, 0.4) is 0 Å². The normalized spacial score (nSPS) is 8.80. The Kier molecular flexibility index (Phi) is 3.25. The van der Waals surface area contributed by atoms with Crippen molar-refractivity contribution in [2.75, 3.05) is 0 Å². The third-order valence-corrected chi connectivity index (χ3v) is 1.05. The first-order chi connectivity index (χ1) is 4.54. The molecular weight excluding hydrogens is 130 g/mol. The molecule has 0 heterocycles. The molecule has 0 amide bonds.